The molecule has 1 aromatic carbocycles. The molecule has 0 aliphatic heterocycles. The molecule has 6 nitrogen and oxygen atoms in total. The molecule has 1 rings (SSSR count). The maximum absolute atomic E-state index is 5.33. The standard InChI is InChI=1S/C17H29N3O3/c1-5-18-17(19-11-7-8-12-23-6-2)20-14-9-10-15(21-3)16(13-14)22-4/h9-10,13H,5-8,11-12H2,1-4H3,(H2,18,19,20). The van der Waals surface area contributed by atoms with Crippen LogP contribution in [0.15, 0.2) is 23.2 Å². The molecule has 0 saturated heterocycles. The van der Waals surface area contributed by atoms with Crippen molar-refractivity contribution in [3.05, 3.63) is 18.2 Å². The SMILES string of the molecule is CCNC(=NCCCCOCC)Nc1ccc(OC)c(OC)c1. The number of rotatable bonds is 10. The highest BCUT2D eigenvalue weighted by Gasteiger charge is 2.06. The van der Waals surface area contributed by atoms with Crippen molar-refractivity contribution in [3.8, 4) is 11.5 Å². The van der Waals surface area contributed by atoms with E-state index < -0.39 is 0 Å². The van der Waals surface area contributed by atoms with E-state index in [4.69, 9.17) is 14.2 Å². The molecule has 6 heteroatoms. The fourth-order valence-corrected chi connectivity index (χ4v) is 2.01. The smallest absolute Gasteiger partial charge is 0.195 e. The van der Waals surface area contributed by atoms with Crippen molar-refractivity contribution in [2.45, 2.75) is 26.7 Å². The molecule has 2 N–H and O–H groups in total. The minimum Gasteiger partial charge on any atom is -0.493 e. The summed E-state index contributed by atoms with van der Waals surface area (Å²) in [7, 11) is 3.25. The van der Waals surface area contributed by atoms with Gasteiger partial charge in [-0.15, -0.1) is 0 Å². The van der Waals surface area contributed by atoms with Gasteiger partial charge in [-0.2, -0.15) is 0 Å². The third-order valence-corrected chi connectivity index (χ3v) is 3.16. The molecule has 23 heavy (non-hydrogen) atoms. The second kappa shape index (κ2) is 11.6. The molecule has 0 bridgehead atoms. The summed E-state index contributed by atoms with van der Waals surface area (Å²) in [5.74, 6) is 2.15. The van der Waals surface area contributed by atoms with Gasteiger partial charge in [-0.05, 0) is 38.8 Å². The minimum absolute atomic E-state index is 0.685. The molecule has 0 aliphatic rings. The van der Waals surface area contributed by atoms with Gasteiger partial charge >= 0.3 is 0 Å². The fraction of sp³-hybridized carbons (Fsp3) is 0.588. The summed E-state index contributed by atoms with van der Waals surface area (Å²) < 4.78 is 15.9. The Hall–Kier alpha value is -1.95. The minimum atomic E-state index is 0.685. The Labute approximate surface area is 139 Å². The normalized spacial score (nSPS) is 11.2. The summed E-state index contributed by atoms with van der Waals surface area (Å²) >= 11 is 0. The fourth-order valence-electron chi connectivity index (χ4n) is 2.01. The first-order chi connectivity index (χ1) is 11.2. The lowest BCUT2D eigenvalue weighted by atomic mass is 10.2. The van der Waals surface area contributed by atoms with Crippen molar-refractivity contribution in [3.63, 3.8) is 0 Å². The molecular weight excluding hydrogens is 294 g/mol. The zero-order chi connectivity index (χ0) is 16.9. The molecule has 0 amide bonds. The van der Waals surface area contributed by atoms with E-state index in [1.807, 2.05) is 32.0 Å². The van der Waals surface area contributed by atoms with E-state index in [0.717, 1.165) is 50.8 Å². The first-order valence-electron chi connectivity index (χ1n) is 8.10. The van der Waals surface area contributed by atoms with Gasteiger partial charge in [-0.3, -0.25) is 4.99 Å². The number of aliphatic imine (C=N–C) groups is 1. The largest absolute Gasteiger partial charge is 0.493 e. The lowest BCUT2D eigenvalue weighted by Crippen LogP contribution is -2.30. The molecule has 0 saturated carbocycles. The van der Waals surface area contributed by atoms with E-state index in [0.29, 0.717) is 11.5 Å². The highest BCUT2D eigenvalue weighted by Crippen LogP contribution is 2.29. The van der Waals surface area contributed by atoms with Crippen LogP contribution in [0.5, 0.6) is 11.5 Å². The predicted octanol–water partition coefficient (Wildman–Crippen LogP) is 2.90. The van der Waals surface area contributed by atoms with Crippen molar-refractivity contribution in [1.29, 1.82) is 0 Å². The van der Waals surface area contributed by atoms with E-state index in [1.165, 1.54) is 0 Å². The summed E-state index contributed by atoms with van der Waals surface area (Å²) in [6.45, 7) is 7.18. The van der Waals surface area contributed by atoms with Crippen molar-refractivity contribution in [2.24, 2.45) is 4.99 Å². The van der Waals surface area contributed by atoms with Crippen LogP contribution in [0.4, 0.5) is 5.69 Å². The number of unbranched alkanes of at least 4 members (excludes halogenated alkanes) is 1. The van der Waals surface area contributed by atoms with Crippen LogP contribution in [0.3, 0.4) is 0 Å². The third-order valence-electron chi connectivity index (χ3n) is 3.16. The molecular formula is C17H29N3O3. The number of nitrogens with one attached hydrogen (secondary N) is 2. The van der Waals surface area contributed by atoms with E-state index in [9.17, 15) is 0 Å². The van der Waals surface area contributed by atoms with Crippen LogP contribution in [0, 0.1) is 0 Å². The Morgan fingerprint density at radius 3 is 2.52 bits per heavy atom. The second-order valence-electron chi connectivity index (χ2n) is 4.86. The lowest BCUT2D eigenvalue weighted by molar-refractivity contribution is 0.144. The van der Waals surface area contributed by atoms with Gasteiger partial charge in [0.25, 0.3) is 0 Å². The number of hydrogen-bond acceptors (Lipinski definition) is 4. The van der Waals surface area contributed by atoms with Gasteiger partial charge in [-0.25, -0.2) is 0 Å². The lowest BCUT2D eigenvalue weighted by Gasteiger charge is -2.13. The number of methoxy groups -OCH3 is 2. The Morgan fingerprint density at radius 2 is 1.87 bits per heavy atom. The quantitative estimate of drug-likeness (QED) is 0.394. The van der Waals surface area contributed by atoms with Crippen molar-refractivity contribution >= 4 is 11.6 Å². The van der Waals surface area contributed by atoms with Crippen LogP contribution in [0.1, 0.15) is 26.7 Å². The molecule has 0 aromatic heterocycles. The number of benzene rings is 1. The summed E-state index contributed by atoms with van der Waals surface area (Å²) in [5, 5.41) is 6.51. The molecule has 0 spiro atoms. The van der Waals surface area contributed by atoms with Crippen LogP contribution >= 0.6 is 0 Å². The average Bonchev–Trinajstić information content (AvgIpc) is 2.57. The Kier molecular flexibility index (Phi) is 9.63. The Balaban J connectivity index is 2.60. The number of ether oxygens (including phenoxy) is 3. The second-order valence-corrected chi connectivity index (χ2v) is 4.86. The topological polar surface area (TPSA) is 64.1 Å². The van der Waals surface area contributed by atoms with Crippen molar-refractivity contribution in [2.75, 3.05) is 45.8 Å². The summed E-state index contributed by atoms with van der Waals surface area (Å²) in [4.78, 5) is 4.57. The molecule has 0 atom stereocenters. The van der Waals surface area contributed by atoms with Crippen LogP contribution in [0.25, 0.3) is 0 Å². The molecule has 130 valence electrons. The maximum Gasteiger partial charge on any atom is 0.195 e. The zero-order valence-electron chi connectivity index (χ0n) is 14.6. The van der Waals surface area contributed by atoms with Gasteiger partial charge in [0, 0.05) is 38.1 Å². The van der Waals surface area contributed by atoms with E-state index in [2.05, 4.69) is 15.6 Å². The van der Waals surface area contributed by atoms with E-state index >= 15 is 0 Å². The van der Waals surface area contributed by atoms with Crippen molar-refractivity contribution in [1.82, 2.24) is 5.32 Å². The number of guanidine groups is 1. The van der Waals surface area contributed by atoms with Crippen LogP contribution in [0.2, 0.25) is 0 Å². The third kappa shape index (κ3) is 7.23. The number of hydrogen-bond donors (Lipinski definition) is 2. The monoisotopic (exact) mass is 323 g/mol. The van der Waals surface area contributed by atoms with Gasteiger partial charge < -0.3 is 24.8 Å². The van der Waals surface area contributed by atoms with Gasteiger partial charge in [0.2, 0.25) is 0 Å². The zero-order valence-corrected chi connectivity index (χ0v) is 14.6. The molecule has 0 heterocycles. The summed E-state index contributed by atoms with van der Waals surface area (Å²) in [6.07, 6.45) is 2.02. The van der Waals surface area contributed by atoms with Crippen LogP contribution < -0.4 is 20.1 Å². The van der Waals surface area contributed by atoms with Crippen LogP contribution in [-0.2, 0) is 4.74 Å². The van der Waals surface area contributed by atoms with Gasteiger partial charge in [0.05, 0.1) is 14.2 Å². The molecule has 0 aliphatic carbocycles. The molecule has 0 radical (unpaired) electrons. The summed E-state index contributed by atoms with van der Waals surface area (Å²) in [6, 6.07) is 5.69. The Morgan fingerprint density at radius 1 is 1.09 bits per heavy atom. The van der Waals surface area contributed by atoms with Gasteiger partial charge in [-0.1, -0.05) is 0 Å². The summed E-state index contributed by atoms with van der Waals surface area (Å²) in [5.41, 5.74) is 0.900. The maximum atomic E-state index is 5.33. The first kappa shape index (κ1) is 19.1. The van der Waals surface area contributed by atoms with E-state index in [1.54, 1.807) is 14.2 Å². The number of anilines is 1. The first-order valence-corrected chi connectivity index (χ1v) is 8.10. The molecule has 1 aromatic rings. The van der Waals surface area contributed by atoms with Gasteiger partial charge in [0.1, 0.15) is 0 Å². The molecule has 0 unspecified atom stereocenters. The molecule has 0 fully saturated rings. The van der Waals surface area contributed by atoms with Gasteiger partial charge in [0.15, 0.2) is 17.5 Å². The van der Waals surface area contributed by atoms with Crippen molar-refractivity contribution < 1.29 is 14.2 Å². The van der Waals surface area contributed by atoms with Crippen LogP contribution in [-0.4, -0.2) is 46.5 Å². The predicted molar refractivity (Wildman–Crippen MR) is 94.9 cm³/mol. The highest BCUT2D eigenvalue weighted by atomic mass is 16.5. The van der Waals surface area contributed by atoms with E-state index in [-0.39, 0.29) is 0 Å². The number of nitrogens with zero attached hydrogens (tertiary/aromatic N) is 1. The highest BCUT2D eigenvalue weighted by molar-refractivity contribution is 5.93. The Bertz CT molecular complexity index is 478. The average molecular weight is 323 g/mol.